The zero-order valence-electron chi connectivity index (χ0n) is 17.4. The maximum Gasteiger partial charge on any atom is 0.254 e. The van der Waals surface area contributed by atoms with Gasteiger partial charge in [0.15, 0.2) is 0 Å². The number of carbonyl (C=O) groups is 1. The van der Waals surface area contributed by atoms with E-state index in [0.717, 1.165) is 52.5 Å². The second-order valence-electron chi connectivity index (χ2n) is 8.49. The predicted molar refractivity (Wildman–Crippen MR) is 127 cm³/mol. The van der Waals surface area contributed by atoms with Crippen molar-refractivity contribution in [1.82, 2.24) is 9.88 Å². The predicted octanol–water partition coefficient (Wildman–Crippen LogP) is 7.18. The van der Waals surface area contributed by atoms with E-state index in [0.29, 0.717) is 17.3 Å². The molecular weight excluding hydrogens is 460 g/mol. The minimum absolute atomic E-state index is 0.0578. The lowest BCUT2D eigenvalue weighted by Gasteiger charge is -2.36. The summed E-state index contributed by atoms with van der Waals surface area (Å²) in [6.07, 6.45) is 4.36. The first kappa shape index (κ1) is 21.3. The molecule has 1 heterocycles. The third-order valence-corrected chi connectivity index (χ3v) is 6.97. The Morgan fingerprint density at radius 3 is 2.50 bits per heavy atom. The van der Waals surface area contributed by atoms with E-state index < -0.39 is 0 Å². The van der Waals surface area contributed by atoms with Gasteiger partial charge in [0, 0.05) is 33.6 Å². The lowest BCUT2D eigenvalue weighted by Crippen LogP contribution is -2.41. The maximum atomic E-state index is 13.5. The average molecular weight is 486 g/mol. The van der Waals surface area contributed by atoms with E-state index in [1.165, 1.54) is 5.56 Å². The van der Waals surface area contributed by atoms with E-state index in [2.05, 4.69) is 46.9 Å². The molecule has 0 aliphatic heterocycles. The van der Waals surface area contributed by atoms with E-state index in [-0.39, 0.29) is 11.9 Å². The van der Waals surface area contributed by atoms with E-state index in [9.17, 15) is 4.79 Å². The van der Waals surface area contributed by atoms with E-state index in [1.54, 1.807) is 0 Å². The summed E-state index contributed by atoms with van der Waals surface area (Å²) in [4.78, 5) is 20.1. The minimum atomic E-state index is 0.0578. The van der Waals surface area contributed by atoms with Gasteiger partial charge in [-0.05, 0) is 81.0 Å². The van der Waals surface area contributed by atoms with Gasteiger partial charge in [-0.15, -0.1) is 0 Å². The molecule has 4 rings (SSSR count). The summed E-state index contributed by atoms with van der Waals surface area (Å²) in [5, 5.41) is 1.53. The van der Waals surface area contributed by atoms with Crippen LogP contribution in [0.5, 0.6) is 0 Å². The van der Waals surface area contributed by atoms with Crippen molar-refractivity contribution in [3.05, 3.63) is 74.8 Å². The Kier molecular flexibility index (Phi) is 6.45. The highest BCUT2D eigenvalue weighted by atomic mass is 79.9. The number of rotatable bonds is 4. The van der Waals surface area contributed by atoms with Gasteiger partial charge in [0.1, 0.15) is 5.15 Å². The lowest BCUT2D eigenvalue weighted by atomic mass is 9.86. The highest BCUT2D eigenvalue weighted by Crippen LogP contribution is 2.31. The van der Waals surface area contributed by atoms with Crippen LogP contribution in [0.25, 0.3) is 10.9 Å². The van der Waals surface area contributed by atoms with E-state index in [4.69, 9.17) is 11.6 Å². The highest BCUT2D eigenvalue weighted by molar-refractivity contribution is 9.10. The Morgan fingerprint density at radius 2 is 1.80 bits per heavy atom. The van der Waals surface area contributed by atoms with Crippen LogP contribution in [0.2, 0.25) is 5.15 Å². The van der Waals surface area contributed by atoms with Gasteiger partial charge in [-0.1, -0.05) is 46.1 Å². The number of carbonyl (C=O) groups excluding carboxylic acids is 1. The standard InChI is InChI=1S/C25H26BrClN2O/c1-16-3-10-22(11-4-16)29(25(30)18-6-8-21(26)9-7-18)15-20-14-19-13-17(2)5-12-23(19)28-24(20)27/h5-9,12-14,16,22H,3-4,10-11,15H2,1-2H3. The van der Waals surface area contributed by atoms with Crippen molar-refractivity contribution < 1.29 is 4.79 Å². The molecule has 0 saturated heterocycles. The molecule has 1 amide bonds. The molecule has 1 saturated carbocycles. The second-order valence-corrected chi connectivity index (χ2v) is 9.76. The molecule has 3 aromatic rings. The van der Waals surface area contributed by atoms with Crippen molar-refractivity contribution in [3.63, 3.8) is 0 Å². The molecule has 0 radical (unpaired) electrons. The van der Waals surface area contributed by atoms with E-state index >= 15 is 0 Å². The smallest absolute Gasteiger partial charge is 0.254 e. The number of nitrogens with zero attached hydrogens (tertiary/aromatic N) is 2. The van der Waals surface area contributed by atoms with Gasteiger partial charge in [0.25, 0.3) is 5.91 Å². The molecule has 1 fully saturated rings. The van der Waals surface area contributed by atoms with Crippen LogP contribution in [-0.4, -0.2) is 21.8 Å². The first-order chi connectivity index (χ1) is 14.4. The molecule has 0 spiro atoms. The number of benzene rings is 2. The van der Waals surface area contributed by atoms with Crippen LogP contribution in [0.15, 0.2) is 53.0 Å². The summed E-state index contributed by atoms with van der Waals surface area (Å²) in [7, 11) is 0. The average Bonchev–Trinajstić information content (AvgIpc) is 2.73. The number of aryl methyl sites for hydroxylation is 1. The summed E-state index contributed by atoms with van der Waals surface area (Å²) in [5.74, 6) is 0.780. The summed E-state index contributed by atoms with van der Waals surface area (Å²) in [6, 6.07) is 16.1. The molecule has 3 nitrogen and oxygen atoms in total. The van der Waals surface area contributed by atoms with Crippen LogP contribution in [0.4, 0.5) is 0 Å². The quantitative estimate of drug-likeness (QED) is 0.367. The van der Waals surface area contributed by atoms with Gasteiger partial charge in [-0.2, -0.15) is 0 Å². The summed E-state index contributed by atoms with van der Waals surface area (Å²) < 4.78 is 0.967. The summed E-state index contributed by atoms with van der Waals surface area (Å²) in [6.45, 7) is 4.84. The molecule has 5 heteroatoms. The Balaban J connectivity index is 1.68. The van der Waals surface area contributed by atoms with Crippen molar-refractivity contribution >= 4 is 44.3 Å². The lowest BCUT2D eigenvalue weighted by molar-refractivity contribution is 0.0593. The van der Waals surface area contributed by atoms with Crippen LogP contribution >= 0.6 is 27.5 Å². The van der Waals surface area contributed by atoms with Crippen molar-refractivity contribution in [2.45, 2.75) is 52.1 Å². The number of pyridine rings is 1. The van der Waals surface area contributed by atoms with E-state index in [1.807, 2.05) is 41.3 Å². The van der Waals surface area contributed by atoms with Crippen molar-refractivity contribution in [2.75, 3.05) is 0 Å². The monoisotopic (exact) mass is 484 g/mol. The molecule has 0 atom stereocenters. The van der Waals surface area contributed by atoms with Crippen LogP contribution in [0.3, 0.4) is 0 Å². The van der Waals surface area contributed by atoms with Crippen molar-refractivity contribution in [2.24, 2.45) is 5.92 Å². The minimum Gasteiger partial charge on any atom is -0.331 e. The van der Waals surface area contributed by atoms with Crippen LogP contribution in [0.1, 0.15) is 54.1 Å². The highest BCUT2D eigenvalue weighted by Gasteiger charge is 2.29. The van der Waals surface area contributed by atoms with Gasteiger partial charge in [-0.25, -0.2) is 4.98 Å². The Labute approximate surface area is 191 Å². The Bertz CT molecular complexity index is 1060. The largest absolute Gasteiger partial charge is 0.331 e. The van der Waals surface area contributed by atoms with Crippen molar-refractivity contribution in [3.8, 4) is 0 Å². The fraction of sp³-hybridized carbons (Fsp3) is 0.360. The van der Waals surface area contributed by atoms with Crippen LogP contribution < -0.4 is 0 Å². The molecule has 0 N–H and O–H groups in total. The van der Waals surface area contributed by atoms with Gasteiger partial charge in [0.05, 0.1) is 5.52 Å². The molecule has 156 valence electrons. The summed E-state index contributed by atoms with van der Waals surface area (Å²) >= 11 is 10.0. The molecule has 0 bridgehead atoms. The third-order valence-electron chi connectivity index (χ3n) is 6.12. The fourth-order valence-electron chi connectivity index (χ4n) is 4.29. The van der Waals surface area contributed by atoms with Gasteiger partial charge >= 0.3 is 0 Å². The zero-order valence-corrected chi connectivity index (χ0v) is 19.7. The number of halogens is 2. The Hall–Kier alpha value is -1.91. The topological polar surface area (TPSA) is 33.2 Å². The summed E-state index contributed by atoms with van der Waals surface area (Å²) in [5.41, 5.74) is 3.67. The molecule has 1 aliphatic rings. The normalized spacial score (nSPS) is 19.1. The van der Waals surface area contributed by atoms with Crippen molar-refractivity contribution in [1.29, 1.82) is 0 Å². The first-order valence-corrected chi connectivity index (χ1v) is 11.7. The first-order valence-electron chi connectivity index (χ1n) is 10.5. The SMILES string of the molecule is Cc1ccc2nc(Cl)c(CN(C(=O)c3ccc(Br)cc3)C3CCC(C)CC3)cc2c1. The van der Waals surface area contributed by atoms with Gasteiger partial charge in [0.2, 0.25) is 0 Å². The maximum absolute atomic E-state index is 13.5. The number of hydrogen-bond acceptors (Lipinski definition) is 2. The number of hydrogen-bond donors (Lipinski definition) is 0. The van der Waals surface area contributed by atoms with Crippen LogP contribution in [0, 0.1) is 12.8 Å². The Morgan fingerprint density at radius 1 is 1.10 bits per heavy atom. The molecule has 30 heavy (non-hydrogen) atoms. The second kappa shape index (κ2) is 9.07. The zero-order chi connectivity index (χ0) is 21.3. The van der Waals surface area contributed by atoms with Crippen LogP contribution in [-0.2, 0) is 6.54 Å². The number of aromatic nitrogens is 1. The van der Waals surface area contributed by atoms with Gasteiger partial charge < -0.3 is 4.90 Å². The molecule has 1 aliphatic carbocycles. The molecule has 2 aromatic carbocycles. The third kappa shape index (κ3) is 4.70. The number of amides is 1. The van der Waals surface area contributed by atoms with Gasteiger partial charge in [-0.3, -0.25) is 4.79 Å². The fourth-order valence-corrected chi connectivity index (χ4v) is 4.76. The molecule has 0 unspecified atom stereocenters. The molecular formula is C25H26BrClN2O. The molecule has 1 aromatic heterocycles. The number of fused-ring (bicyclic) bond motifs is 1.